The first-order chi connectivity index (χ1) is 8.66. The van der Waals surface area contributed by atoms with Gasteiger partial charge in [0.05, 0.1) is 6.26 Å². The van der Waals surface area contributed by atoms with E-state index in [1.54, 1.807) is 12.5 Å². The van der Waals surface area contributed by atoms with Crippen LogP contribution >= 0.6 is 0 Å². The Balaban J connectivity index is 2.06. The summed E-state index contributed by atoms with van der Waals surface area (Å²) in [5.74, 6) is 0.773. The minimum atomic E-state index is -0.00335. The van der Waals surface area contributed by atoms with Crippen molar-refractivity contribution in [1.82, 2.24) is 10.3 Å². The van der Waals surface area contributed by atoms with Crippen molar-refractivity contribution in [2.75, 3.05) is 0 Å². The Morgan fingerprint density at radius 2 is 2.28 bits per heavy atom. The number of carbonyl (C=O) groups excluding carboxylic acids is 1. The third-order valence-electron chi connectivity index (χ3n) is 2.59. The van der Waals surface area contributed by atoms with Gasteiger partial charge in [0.2, 0.25) is 5.91 Å². The van der Waals surface area contributed by atoms with Crippen molar-refractivity contribution < 1.29 is 9.21 Å². The third-order valence-corrected chi connectivity index (χ3v) is 2.59. The number of pyridine rings is 1. The number of amides is 1. The van der Waals surface area contributed by atoms with Crippen molar-refractivity contribution in [2.24, 2.45) is 5.92 Å². The average Bonchev–Trinajstić information content (AvgIpc) is 2.90. The minimum absolute atomic E-state index is 0.00335. The summed E-state index contributed by atoms with van der Waals surface area (Å²) in [6.07, 6.45) is 3.33. The lowest BCUT2D eigenvalue weighted by atomic mass is 10.1. The van der Waals surface area contributed by atoms with Crippen molar-refractivity contribution in [3.63, 3.8) is 0 Å². The van der Waals surface area contributed by atoms with Crippen LogP contribution in [0, 0.1) is 5.92 Å². The number of hydrogen-bond donors (Lipinski definition) is 1. The molecule has 4 nitrogen and oxygen atoms in total. The summed E-state index contributed by atoms with van der Waals surface area (Å²) in [4.78, 5) is 15.7. The maximum Gasteiger partial charge on any atom is 0.222 e. The van der Waals surface area contributed by atoms with E-state index < -0.39 is 0 Å². The first-order valence-electron chi connectivity index (χ1n) is 5.93. The topological polar surface area (TPSA) is 55.1 Å². The summed E-state index contributed by atoms with van der Waals surface area (Å²) < 4.78 is 5.29. The van der Waals surface area contributed by atoms with Crippen molar-refractivity contribution >= 4 is 5.91 Å². The van der Waals surface area contributed by atoms with E-state index in [9.17, 15) is 4.79 Å². The van der Waals surface area contributed by atoms with Crippen LogP contribution in [0.3, 0.4) is 0 Å². The maximum atomic E-state index is 11.5. The van der Waals surface area contributed by atoms with E-state index in [4.69, 9.17) is 4.42 Å². The highest BCUT2D eigenvalue weighted by Gasteiger charge is 2.07. The lowest BCUT2D eigenvalue weighted by Gasteiger charge is -2.08. The SMILES string of the molecule is CC(C)C(=O)NCc1ccnc(-c2ccco2)c1. The van der Waals surface area contributed by atoms with Crippen LogP contribution in [0.5, 0.6) is 0 Å². The Morgan fingerprint density at radius 1 is 1.44 bits per heavy atom. The van der Waals surface area contributed by atoms with E-state index in [1.807, 2.05) is 38.1 Å². The molecule has 4 heteroatoms. The molecular formula is C14H16N2O2. The van der Waals surface area contributed by atoms with E-state index in [0.29, 0.717) is 6.54 Å². The second-order valence-corrected chi connectivity index (χ2v) is 4.40. The largest absolute Gasteiger partial charge is 0.463 e. The molecule has 0 radical (unpaired) electrons. The highest BCUT2D eigenvalue weighted by atomic mass is 16.3. The molecule has 94 valence electrons. The van der Waals surface area contributed by atoms with Crippen molar-refractivity contribution in [3.8, 4) is 11.5 Å². The fraction of sp³-hybridized carbons (Fsp3) is 0.286. The summed E-state index contributed by atoms with van der Waals surface area (Å²) >= 11 is 0. The predicted molar refractivity (Wildman–Crippen MR) is 68.6 cm³/mol. The number of aromatic nitrogens is 1. The van der Waals surface area contributed by atoms with Gasteiger partial charge in [-0.2, -0.15) is 0 Å². The van der Waals surface area contributed by atoms with Crippen LogP contribution in [-0.4, -0.2) is 10.9 Å². The molecule has 0 spiro atoms. The molecule has 0 saturated carbocycles. The molecule has 0 aromatic carbocycles. The van der Waals surface area contributed by atoms with Crippen LogP contribution in [-0.2, 0) is 11.3 Å². The van der Waals surface area contributed by atoms with Gasteiger partial charge in [-0.25, -0.2) is 0 Å². The summed E-state index contributed by atoms with van der Waals surface area (Å²) in [5, 5.41) is 2.87. The van der Waals surface area contributed by atoms with Crippen molar-refractivity contribution in [3.05, 3.63) is 42.3 Å². The summed E-state index contributed by atoms with van der Waals surface area (Å²) in [5.41, 5.74) is 1.78. The molecule has 0 saturated heterocycles. The molecule has 0 bridgehead atoms. The molecule has 0 aliphatic carbocycles. The molecular weight excluding hydrogens is 228 g/mol. The Kier molecular flexibility index (Phi) is 3.77. The van der Waals surface area contributed by atoms with Crippen LogP contribution in [0.25, 0.3) is 11.5 Å². The summed E-state index contributed by atoms with van der Waals surface area (Å²) in [6, 6.07) is 7.48. The maximum absolute atomic E-state index is 11.5. The average molecular weight is 244 g/mol. The molecule has 0 aliphatic rings. The molecule has 0 fully saturated rings. The molecule has 0 atom stereocenters. The first-order valence-corrected chi connectivity index (χ1v) is 5.93. The van der Waals surface area contributed by atoms with Crippen LogP contribution in [0.4, 0.5) is 0 Å². The molecule has 1 N–H and O–H groups in total. The van der Waals surface area contributed by atoms with Gasteiger partial charge in [-0.15, -0.1) is 0 Å². The Hall–Kier alpha value is -2.10. The number of rotatable bonds is 4. The van der Waals surface area contributed by atoms with Crippen LogP contribution < -0.4 is 5.32 Å². The Labute approximate surface area is 106 Å². The fourth-order valence-electron chi connectivity index (χ4n) is 1.54. The van der Waals surface area contributed by atoms with Gasteiger partial charge in [0.15, 0.2) is 5.76 Å². The second-order valence-electron chi connectivity index (χ2n) is 4.40. The van der Waals surface area contributed by atoms with E-state index in [0.717, 1.165) is 17.0 Å². The monoisotopic (exact) mass is 244 g/mol. The first kappa shape index (κ1) is 12.4. The fourth-order valence-corrected chi connectivity index (χ4v) is 1.54. The van der Waals surface area contributed by atoms with Gasteiger partial charge in [-0.1, -0.05) is 13.8 Å². The lowest BCUT2D eigenvalue weighted by molar-refractivity contribution is -0.124. The smallest absolute Gasteiger partial charge is 0.222 e. The zero-order valence-corrected chi connectivity index (χ0v) is 10.5. The second kappa shape index (κ2) is 5.49. The molecule has 2 aromatic rings. The van der Waals surface area contributed by atoms with Gasteiger partial charge in [-0.3, -0.25) is 9.78 Å². The van der Waals surface area contributed by atoms with Crippen molar-refractivity contribution in [2.45, 2.75) is 20.4 Å². The van der Waals surface area contributed by atoms with Crippen LogP contribution in [0.2, 0.25) is 0 Å². The zero-order valence-electron chi connectivity index (χ0n) is 10.5. The quantitative estimate of drug-likeness (QED) is 0.899. The number of furan rings is 1. The summed E-state index contributed by atoms with van der Waals surface area (Å²) in [7, 11) is 0. The Bertz CT molecular complexity index is 518. The molecule has 2 heterocycles. The van der Waals surface area contributed by atoms with E-state index in [-0.39, 0.29) is 11.8 Å². The van der Waals surface area contributed by atoms with Crippen LogP contribution in [0.1, 0.15) is 19.4 Å². The lowest BCUT2D eigenvalue weighted by Crippen LogP contribution is -2.27. The standard InChI is InChI=1S/C14H16N2O2/c1-10(2)14(17)16-9-11-5-6-15-12(8-11)13-4-3-7-18-13/h3-8,10H,9H2,1-2H3,(H,16,17). The molecule has 2 rings (SSSR count). The number of hydrogen-bond acceptors (Lipinski definition) is 3. The van der Waals surface area contributed by atoms with Gasteiger partial charge in [0.1, 0.15) is 5.69 Å². The van der Waals surface area contributed by atoms with Gasteiger partial charge < -0.3 is 9.73 Å². The van der Waals surface area contributed by atoms with Gasteiger partial charge in [-0.05, 0) is 29.8 Å². The number of carbonyl (C=O) groups is 1. The molecule has 18 heavy (non-hydrogen) atoms. The molecule has 0 unspecified atom stereocenters. The van der Waals surface area contributed by atoms with E-state index >= 15 is 0 Å². The third kappa shape index (κ3) is 2.97. The minimum Gasteiger partial charge on any atom is -0.463 e. The Morgan fingerprint density at radius 3 is 2.94 bits per heavy atom. The highest BCUT2D eigenvalue weighted by Crippen LogP contribution is 2.17. The molecule has 2 aromatic heterocycles. The normalized spacial score (nSPS) is 10.6. The zero-order chi connectivity index (χ0) is 13.0. The van der Waals surface area contributed by atoms with Gasteiger partial charge in [0, 0.05) is 18.7 Å². The van der Waals surface area contributed by atoms with Gasteiger partial charge in [0.25, 0.3) is 0 Å². The highest BCUT2D eigenvalue weighted by molar-refractivity contribution is 5.77. The van der Waals surface area contributed by atoms with Crippen LogP contribution in [0.15, 0.2) is 41.1 Å². The van der Waals surface area contributed by atoms with Gasteiger partial charge >= 0.3 is 0 Å². The molecule has 0 aliphatic heterocycles. The van der Waals surface area contributed by atoms with E-state index in [2.05, 4.69) is 10.3 Å². The molecule has 1 amide bonds. The number of nitrogens with one attached hydrogen (secondary N) is 1. The summed E-state index contributed by atoms with van der Waals surface area (Å²) in [6.45, 7) is 4.25. The number of nitrogens with zero attached hydrogens (tertiary/aromatic N) is 1. The predicted octanol–water partition coefficient (Wildman–Crippen LogP) is 2.61. The van der Waals surface area contributed by atoms with E-state index in [1.165, 1.54) is 0 Å². The van der Waals surface area contributed by atoms with Crippen molar-refractivity contribution in [1.29, 1.82) is 0 Å².